The van der Waals surface area contributed by atoms with E-state index in [0.717, 1.165) is 0 Å². The minimum Gasteiger partial charge on any atom is -0.349 e. The number of para-hydroxylation sites is 1. The number of alkyl halides is 6. The highest BCUT2D eigenvalue weighted by atomic mass is 35.5. The summed E-state index contributed by atoms with van der Waals surface area (Å²) in [5.74, 6) is -0.908. The predicted molar refractivity (Wildman–Crippen MR) is 87.7 cm³/mol. The quantitative estimate of drug-likeness (QED) is 0.495. The highest BCUT2D eigenvalue weighted by Gasteiger charge is 2.37. The van der Waals surface area contributed by atoms with Gasteiger partial charge in [0.05, 0.1) is 21.7 Å². The molecule has 10 heteroatoms. The van der Waals surface area contributed by atoms with Crippen molar-refractivity contribution >= 4 is 34.1 Å². The molecule has 0 fully saturated rings. The third-order valence-electron chi connectivity index (χ3n) is 3.70. The Kier molecular flexibility index (Phi) is 4.59. The largest absolute Gasteiger partial charge is 0.416 e. The molecule has 1 heterocycles. The van der Waals surface area contributed by atoms with Crippen LogP contribution in [-0.2, 0) is 12.4 Å². The number of rotatable bonds is 2. The van der Waals surface area contributed by atoms with Gasteiger partial charge in [-0.25, -0.2) is 0 Å². The van der Waals surface area contributed by atoms with Crippen LogP contribution in [0.4, 0.5) is 32.0 Å². The Morgan fingerprint density at radius 1 is 0.926 bits per heavy atom. The van der Waals surface area contributed by atoms with Crippen LogP contribution in [0.5, 0.6) is 0 Å². The van der Waals surface area contributed by atoms with E-state index < -0.39 is 35.1 Å². The number of hydrogen-bond acceptors (Lipinski definition) is 1. The van der Waals surface area contributed by atoms with E-state index in [1.807, 2.05) is 0 Å². The lowest BCUT2D eigenvalue weighted by atomic mass is 10.1. The molecular weight excluding hydrogens is 398 g/mol. The van der Waals surface area contributed by atoms with E-state index in [2.05, 4.69) is 10.3 Å². The first kappa shape index (κ1) is 19.1. The zero-order valence-corrected chi connectivity index (χ0v) is 13.9. The summed E-state index contributed by atoms with van der Waals surface area (Å²) in [7, 11) is 0. The van der Waals surface area contributed by atoms with E-state index in [0.29, 0.717) is 28.1 Å². The molecule has 0 aliphatic heterocycles. The van der Waals surface area contributed by atoms with Crippen LogP contribution in [-0.4, -0.2) is 10.9 Å². The first-order valence-corrected chi connectivity index (χ1v) is 7.71. The molecule has 142 valence electrons. The highest BCUT2D eigenvalue weighted by molar-refractivity contribution is 6.35. The number of fused-ring (bicyclic) bond motifs is 1. The second-order valence-electron chi connectivity index (χ2n) is 5.64. The van der Waals surface area contributed by atoms with Crippen LogP contribution < -0.4 is 5.32 Å². The number of hydrogen-bond donors (Lipinski definition) is 2. The van der Waals surface area contributed by atoms with Crippen LogP contribution in [0.3, 0.4) is 0 Å². The fraction of sp³-hybridized carbons (Fsp3) is 0.118. The van der Waals surface area contributed by atoms with Crippen molar-refractivity contribution in [1.82, 2.24) is 4.98 Å². The maximum absolute atomic E-state index is 12.9. The molecule has 3 rings (SSSR count). The molecule has 0 aliphatic rings. The molecule has 0 unspecified atom stereocenters. The molecule has 2 N–H and O–H groups in total. The zero-order valence-electron chi connectivity index (χ0n) is 13.1. The SMILES string of the molecule is O=C(Nc1cc(C(F)(F)F)cc(C(F)(F)F)c1)c1cc2cccc(Cl)c2[nH]1. The lowest BCUT2D eigenvalue weighted by molar-refractivity contribution is -0.143. The third kappa shape index (κ3) is 4.02. The number of aromatic amines is 1. The fourth-order valence-electron chi connectivity index (χ4n) is 2.47. The van der Waals surface area contributed by atoms with Crippen LogP contribution in [0.1, 0.15) is 21.6 Å². The molecule has 0 saturated heterocycles. The molecule has 3 aromatic rings. The Hall–Kier alpha value is -2.68. The summed E-state index contributed by atoms with van der Waals surface area (Å²) in [6, 6.07) is 7.06. The summed E-state index contributed by atoms with van der Waals surface area (Å²) >= 11 is 5.96. The molecule has 0 atom stereocenters. The summed E-state index contributed by atoms with van der Waals surface area (Å²) in [5.41, 5.74) is -3.32. The van der Waals surface area contributed by atoms with Gasteiger partial charge in [0.1, 0.15) is 5.69 Å². The van der Waals surface area contributed by atoms with Gasteiger partial charge in [-0.05, 0) is 30.3 Å². The summed E-state index contributed by atoms with van der Waals surface area (Å²) in [6.45, 7) is 0. The van der Waals surface area contributed by atoms with Gasteiger partial charge in [-0.3, -0.25) is 4.79 Å². The number of anilines is 1. The molecule has 0 bridgehead atoms. The summed E-state index contributed by atoms with van der Waals surface area (Å²) in [4.78, 5) is 15.0. The lowest BCUT2D eigenvalue weighted by Crippen LogP contribution is -2.16. The molecule has 0 radical (unpaired) electrons. The van der Waals surface area contributed by atoms with Crippen molar-refractivity contribution in [3.63, 3.8) is 0 Å². The number of nitrogens with one attached hydrogen (secondary N) is 2. The van der Waals surface area contributed by atoms with E-state index in [-0.39, 0.29) is 11.8 Å². The van der Waals surface area contributed by atoms with Crippen LogP contribution in [0.2, 0.25) is 5.02 Å². The summed E-state index contributed by atoms with van der Waals surface area (Å²) < 4.78 is 77.3. The minimum absolute atomic E-state index is 0.0155. The van der Waals surface area contributed by atoms with Gasteiger partial charge in [-0.15, -0.1) is 0 Å². The first-order valence-electron chi connectivity index (χ1n) is 7.33. The lowest BCUT2D eigenvalue weighted by Gasteiger charge is -2.14. The highest BCUT2D eigenvalue weighted by Crippen LogP contribution is 2.37. The van der Waals surface area contributed by atoms with Crippen LogP contribution in [0.15, 0.2) is 42.5 Å². The van der Waals surface area contributed by atoms with Crippen molar-refractivity contribution in [2.24, 2.45) is 0 Å². The molecule has 1 amide bonds. The average molecular weight is 407 g/mol. The predicted octanol–water partition coefficient (Wildman–Crippen LogP) is 6.11. The molecule has 0 saturated carbocycles. The normalized spacial score (nSPS) is 12.4. The Morgan fingerprint density at radius 3 is 2.04 bits per heavy atom. The van der Waals surface area contributed by atoms with Crippen molar-refractivity contribution < 1.29 is 31.1 Å². The van der Waals surface area contributed by atoms with Gasteiger partial charge in [0.25, 0.3) is 5.91 Å². The van der Waals surface area contributed by atoms with Crippen molar-refractivity contribution in [1.29, 1.82) is 0 Å². The smallest absolute Gasteiger partial charge is 0.349 e. The van der Waals surface area contributed by atoms with Gasteiger partial charge in [-0.1, -0.05) is 23.7 Å². The van der Waals surface area contributed by atoms with Gasteiger partial charge in [0.2, 0.25) is 0 Å². The van der Waals surface area contributed by atoms with Crippen molar-refractivity contribution in [2.45, 2.75) is 12.4 Å². The summed E-state index contributed by atoms with van der Waals surface area (Å²) in [5, 5.41) is 2.92. The molecule has 0 spiro atoms. The molecule has 3 nitrogen and oxygen atoms in total. The Morgan fingerprint density at radius 2 is 1.52 bits per heavy atom. The van der Waals surface area contributed by atoms with Gasteiger partial charge < -0.3 is 10.3 Å². The third-order valence-corrected chi connectivity index (χ3v) is 4.01. The topological polar surface area (TPSA) is 44.9 Å². The maximum Gasteiger partial charge on any atom is 0.416 e. The molecular formula is C17H9ClF6N2O. The zero-order chi connectivity index (χ0) is 20.0. The fourth-order valence-corrected chi connectivity index (χ4v) is 2.70. The maximum atomic E-state index is 12.9. The van der Waals surface area contributed by atoms with E-state index in [1.54, 1.807) is 18.2 Å². The van der Waals surface area contributed by atoms with Gasteiger partial charge in [0.15, 0.2) is 0 Å². The molecule has 2 aromatic carbocycles. The Bertz CT molecular complexity index is 990. The van der Waals surface area contributed by atoms with E-state index >= 15 is 0 Å². The van der Waals surface area contributed by atoms with E-state index in [1.165, 1.54) is 6.07 Å². The first-order chi connectivity index (χ1) is 12.4. The van der Waals surface area contributed by atoms with Gasteiger partial charge >= 0.3 is 12.4 Å². The number of benzene rings is 2. The van der Waals surface area contributed by atoms with Crippen molar-refractivity contribution in [2.75, 3.05) is 5.32 Å². The number of carbonyl (C=O) groups excluding carboxylic acids is 1. The summed E-state index contributed by atoms with van der Waals surface area (Å²) in [6.07, 6.45) is -10.0. The van der Waals surface area contributed by atoms with Gasteiger partial charge in [-0.2, -0.15) is 26.3 Å². The number of aromatic nitrogens is 1. The monoisotopic (exact) mass is 406 g/mol. The van der Waals surface area contributed by atoms with Crippen LogP contribution in [0.25, 0.3) is 10.9 Å². The number of carbonyl (C=O) groups is 1. The number of amides is 1. The van der Waals surface area contributed by atoms with Gasteiger partial charge in [0, 0.05) is 11.1 Å². The molecule has 1 aromatic heterocycles. The number of H-pyrrole nitrogens is 1. The van der Waals surface area contributed by atoms with Crippen LogP contribution >= 0.6 is 11.6 Å². The van der Waals surface area contributed by atoms with E-state index in [4.69, 9.17) is 11.6 Å². The van der Waals surface area contributed by atoms with Crippen molar-refractivity contribution in [3.8, 4) is 0 Å². The molecule has 27 heavy (non-hydrogen) atoms. The Balaban J connectivity index is 1.98. The Labute approximate surface area is 152 Å². The minimum atomic E-state index is -5.00. The standard InChI is InChI=1S/C17H9ClF6N2O/c18-12-3-1-2-8-4-13(26-14(8)12)15(27)25-11-6-9(16(19,20)21)5-10(7-11)17(22,23)24/h1-7,26H,(H,25,27). The second kappa shape index (κ2) is 6.49. The van der Waals surface area contributed by atoms with Crippen molar-refractivity contribution in [3.05, 3.63) is 64.3 Å². The van der Waals surface area contributed by atoms with E-state index in [9.17, 15) is 31.1 Å². The van der Waals surface area contributed by atoms with Crippen LogP contribution in [0, 0.1) is 0 Å². The number of halogens is 7. The average Bonchev–Trinajstić information content (AvgIpc) is 2.99. The molecule has 0 aliphatic carbocycles. The second-order valence-corrected chi connectivity index (χ2v) is 6.04.